The van der Waals surface area contributed by atoms with Crippen LogP contribution in [0.1, 0.15) is 25.8 Å². The van der Waals surface area contributed by atoms with Crippen molar-refractivity contribution in [1.29, 1.82) is 0 Å². The maximum Gasteiger partial charge on any atom is 0.213 e. The summed E-state index contributed by atoms with van der Waals surface area (Å²) in [4.78, 5) is 21.0. The van der Waals surface area contributed by atoms with Crippen LogP contribution in [0.25, 0.3) is 10.9 Å². The number of fused-ring (bicyclic) bond motifs is 1. The van der Waals surface area contributed by atoms with Gasteiger partial charge in [0.15, 0.2) is 5.75 Å². The minimum absolute atomic E-state index is 0.0178. The van der Waals surface area contributed by atoms with Gasteiger partial charge in [-0.15, -0.1) is 0 Å². The average Bonchev–Trinajstić information content (AvgIpc) is 3.21. The number of rotatable bonds is 9. The van der Waals surface area contributed by atoms with Crippen molar-refractivity contribution in [3.8, 4) is 5.75 Å². The van der Waals surface area contributed by atoms with Gasteiger partial charge in [-0.3, -0.25) is 9.69 Å². The number of nitrogens with zero attached hydrogens (tertiary/aromatic N) is 3. The lowest BCUT2D eigenvalue weighted by Gasteiger charge is -2.37. The lowest BCUT2D eigenvalue weighted by atomic mass is 10.1. The standard InChI is InChI=1S/C26H33FN4O2/c1-19(2)33-26-24(29(3)18-32)7-4-8-25(26)31-14-12-30(13-15-31)11-5-6-20-17-28-23-10-9-21(27)16-22(20)23/h4,7-10,16-19,28H,5-6,11-15H2,1-3H3. The summed E-state index contributed by atoms with van der Waals surface area (Å²) in [7, 11) is 1.75. The summed E-state index contributed by atoms with van der Waals surface area (Å²) in [5, 5.41) is 0.984. The lowest BCUT2D eigenvalue weighted by Crippen LogP contribution is -2.46. The van der Waals surface area contributed by atoms with Gasteiger partial charge in [-0.2, -0.15) is 0 Å². The zero-order valence-electron chi connectivity index (χ0n) is 19.7. The number of anilines is 2. The van der Waals surface area contributed by atoms with Gasteiger partial charge in [-0.05, 0) is 69.1 Å². The summed E-state index contributed by atoms with van der Waals surface area (Å²) in [5.41, 5.74) is 3.99. The van der Waals surface area contributed by atoms with Crippen molar-refractivity contribution in [2.45, 2.75) is 32.8 Å². The SMILES string of the molecule is CC(C)Oc1c(N(C)C=O)cccc1N1CCN(CCCc2c[nH]c3ccc(F)cc23)CC1. The van der Waals surface area contributed by atoms with E-state index < -0.39 is 0 Å². The highest BCUT2D eigenvalue weighted by Gasteiger charge is 2.23. The number of piperazine rings is 1. The quantitative estimate of drug-likeness (QED) is 0.488. The largest absolute Gasteiger partial charge is 0.487 e. The number of halogens is 1. The van der Waals surface area contributed by atoms with E-state index in [1.165, 1.54) is 11.6 Å². The van der Waals surface area contributed by atoms with Gasteiger partial charge < -0.3 is 19.5 Å². The molecule has 0 spiro atoms. The normalized spacial score (nSPS) is 14.8. The van der Waals surface area contributed by atoms with Crippen molar-refractivity contribution in [2.24, 2.45) is 0 Å². The topological polar surface area (TPSA) is 51.8 Å². The molecular weight excluding hydrogens is 419 g/mol. The molecule has 1 fully saturated rings. The third-order valence-corrected chi connectivity index (χ3v) is 6.23. The predicted molar refractivity (Wildman–Crippen MR) is 132 cm³/mol. The van der Waals surface area contributed by atoms with Gasteiger partial charge in [-0.1, -0.05) is 6.07 Å². The molecule has 1 aromatic heterocycles. The van der Waals surface area contributed by atoms with E-state index in [1.54, 1.807) is 24.1 Å². The summed E-state index contributed by atoms with van der Waals surface area (Å²) < 4.78 is 19.8. The number of nitrogens with one attached hydrogen (secondary N) is 1. The van der Waals surface area contributed by atoms with E-state index in [0.29, 0.717) is 0 Å². The second-order valence-corrected chi connectivity index (χ2v) is 8.94. The minimum Gasteiger partial charge on any atom is -0.487 e. The van der Waals surface area contributed by atoms with Crippen molar-refractivity contribution >= 4 is 28.7 Å². The maximum absolute atomic E-state index is 13.6. The summed E-state index contributed by atoms with van der Waals surface area (Å²) in [6, 6.07) is 10.9. The number of H-pyrrole nitrogens is 1. The van der Waals surface area contributed by atoms with Crippen LogP contribution in [-0.4, -0.2) is 62.2 Å². The Labute approximate surface area is 194 Å². The average molecular weight is 453 g/mol. The molecule has 0 bridgehead atoms. The summed E-state index contributed by atoms with van der Waals surface area (Å²) in [6.07, 6.45) is 4.79. The van der Waals surface area contributed by atoms with Gasteiger partial charge in [-0.25, -0.2) is 4.39 Å². The Morgan fingerprint density at radius 2 is 1.97 bits per heavy atom. The Hall–Kier alpha value is -3.06. The van der Waals surface area contributed by atoms with E-state index in [4.69, 9.17) is 4.74 Å². The number of benzene rings is 2. The maximum atomic E-state index is 13.6. The van der Waals surface area contributed by atoms with Crippen LogP contribution in [0.15, 0.2) is 42.6 Å². The number of aromatic amines is 1. The van der Waals surface area contributed by atoms with Crippen LogP contribution in [0.5, 0.6) is 5.75 Å². The third-order valence-electron chi connectivity index (χ3n) is 6.23. The van der Waals surface area contributed by atoms with E-state index in [-0.39, 0.29) is 11.9 Å². The number of aryl methyl sites for hydroxylation is 1. The highest BCUT2D eigenvalue weighted by atomic mass is 19.1. The number of carbonyl (C=O) groups is 1. The van der Waals surface area contributed by atoms with E-state index >= 15 is 0 Å². The monoisotopic (exact) mass is 452 g/mol. The Bertz CT molecular complexity index is 1090. The van der Waals surface area contributed by atoms with Crippen LogP contribution >= 0.6 is 0 Å². The number of hydrogen-bond donors (Lipinski definition) is 1. The number of hydrogen-bond acceptors (Lipinski definition) is 4. The number of amides is 1. The van der Waals surface area contributed by atoms with Crippen molar-refractivity contribution in [3.63, 3.8) is 0 Å². The molecule has 3 aromatic rings. The first-order chi connectivity index (χ1) is 16.0. The van der Waals surface area contributed by atoms with Crippen LogP contribution in [-0.2, 0) is 11.2 Å². The van der Waals surface area contributed by atoms with E-state index in [1.807, 2.05) is 32.2 Å². The van der Waals surface area contributed by atoms with Crippen molar-refractivity contribution in [3.05, 3.63) is 54.0 Å². The highest BCUT2D eigenvalue weighted by molar-refractivity contribution is 5.84. The first-order valence-corrected chi connectivity index (χ1v) is 11.7. The molecule has 7 heteroatoms. The number of ether oxygens (including phenoxy) is 1. The molecule has 176 valence electrons. The molecule has 2 heterocycles. The van der Waals surface area contributed by atoms with Gasteiger partial charge in [0.25, 0.3) is 0 Å². The molecule has 0 unspecified atom stereocenters. The minimum atomic E-state index is -0.191. The van der Waals surface area contributed by atoms with Crippen LogP contribution in [0.3, 0.4) is 0 Å². The number of para-hydroxylation sites is 1. The molecule has 0 radical (unpaired) electrons. The molecule has 1 amide bonds. The van der Waals surface area contributed by atoms with Gasteiger partial charge in [0.2, 0.25) is 6.41 Å². The molecule has 1 aliphatic rings. The summed E-state index contributed by atoms with van der Waals surface area (Å²) in [5.74, 6) is 0.575. The second kappa shape index (κ2) is 10.3. The second-order valence-electron chi connectivity index (χ2n) is 8.94. The summed E-state index contributed by atoms with van der Waals surface area (Å²) >= 11 is 0. The van der Waals surface area contributed by atoms with Gasteiger partial charge in [0, 0.05) is 50.3 Å². The summed E-state index contributed by atoms with van der Waals surface area (Å²) in [6.45, 7) is 8.76. The van der Waals surface area contributed by atoms with Gasteiger partial charge >= 0.3 is 0 Å². The van der Waals surface area contributed by atoms with E-state index in [2.05, 4.69) is 20.9 Å². The lowest BCUT2D eigenvalue weighted by molar-refractivity contribution is -0.107. The van der Waals surface area contributed by atoms with Crippen molar-refractivity contribution < 1.29 is 13.9 Å². The first-order valence-electron chi connectivity index (χ1n) is 11.7. The Kier molecular flexibility index (Phi) is 7.18. The fraction of sp³-hybridized carbons (Fsp3) is 0.423. The molecule has 0 atom stereocenters. The third kappa shape index (κ3) is 5.30. The van der Waals surface area contributed by atoms with E-state index in [9.17, 15) is 9.18 Å². The fourth-order valence-corrected chi connectivity index (χ4v) is 4.52. The van der Waals surface area contributed by atoms with Crippen LogP contribution in [0.4, 0.5) is 15.8 Å². The van der Waals surface area contributed by atoms with Crippen LogP contribution < -0.4 is 14.5 Å². The molecule has 1 aliphatic heterocycles. The first kappa shape index (κ1) is 23.1. The Morgan fingerprint density at radius 3 is 2.70 bits per heavy atom. The molecule has 2 aromatic carbocycles. The number of carbonyl (C=O) groups excluding carboxylic acids is 1. The Morgan fingerprint density at radius 1 is 1.18 bits per heavy atom. The molecule has 6 nitrogen and oxygen atoms in total. The zero-order chi connectivity index (χ0) is 23.4. The molecule has 0 saturated carbocycles. The van der Waals surface area contributed by atoms with Gasteiger partial charge in [0.05, 0.1) is 17.5 Å². The highest BCUT2D eigenvalue weighted by Crippen LogP contribution is 2.38. The van der Waals surface area contributed by atoms with Crippen LogP contribution in [0.2, 0.25) is 0 Å². The molecule has 33 heavy (non-hydrogen) atoms. The molecular formula is C26H33FN4O2. The molecule has 1 N–H and O–H groups in total. The van der Waals surface area contributed by atoms with Crippen LogP contribution in [0, 0.1) is 5.82 Å². The van der Waals surface area contributed by atoms with Gasteiger partial charge in [0.1, 0.15) is 5.82 Å². The number of aromatic nitrogens is 1. The van der Waals surface area contributed by atoms with Crippen molar-refractivity contribution in [2.75, 3.05) is 49.6 Å². The van der Waals surface area contributed by atoms with E-state index in [0.717, 1.165) is 80.0 Å². The molecule has 1 saturated heterocycles. The molecule has 0 aliphatic carbocycles. The molecule has 4 rings (SSSR count). The van der Waals surface area contributed by atoms with Crippen molar-refractivity contribution in [1.82, 2.24) is 9.88 Å². The smallest absolute Gasteiger partial charge is 0.213 e. The zero-order valence-corrected chi connectivity index (χ0v) is 19.7. The fourth-order valence-electron chi connectivity index (χ4n) is 4.52. The Balaban J connectivity index is 1.36. The predicted octanol–water partition coefficient (Wildman–Crippen LogP) is 4.44.